The summed E-state index contributed by atoms with van der Waals surface area (Å²) in [6, 6.07) is 18.3. The highest BCUT2D eigenvalue weighted by Crippen LogP contribution is 2.17. The van der Waals surface area contributed by atoms with E-state index >= 15 is 0 Å². The second-order valence-electron chi connectivity index (χ2n) is 8.12. The molecule has 4 rings (SSSR count). The molecule has 0 spiro atoms. The number of halogens is 1. The van der Waals surface area contributed by atoms with Crippen molar-refractivity contribution in [3.63, 3.8) is 0 Å². The van der Waals surface area contributed by atoms with Gasteiger partial charge in [-0.15, -0.1) is 0 Å². The van der Waals surface area contributed by atoms with Crippen LogP contribution in [0.1, 0.15) is 18.5 Å². The molecule has 170 valence electrons. The van der Waals surface area contributed by atoms with Crippen LogP contribution in [0.5, 0.6) is 0 Å². The number of carbonyl (C=O) groups is 1. The molecule has 0 bridgehead atoms. The molecule has 0 aliphatic carbocycles. The predicted molar refractivity (Wildman–Crippen MR) is 127 cm³/mol. The van der Waals surface area contributed by atoms with Gasteiger partial charge in [0.2, 0.25) is 5.91 Å². The van der Waals surface area contributed by atoms with E-state index < -0.39 is 6.04 Å². The van der Waals surface area contributed by atoms with Crippen molar-refractivity contribution >= 4 is 12.0 Å². The minimum atomic E-state index is -0.720. The van der Waals surface area contributed by atoms with Gasteiger partial charge in [0.1, 0.15) is 11.9 Å². The van der Waals surface area contributed by atoms with Gasteiger partial charge in [0.05, 0.1) is 5.69 Å². The van der Waals surface area contributed by atoms with E-state index in [4.69, 9.17) is 0 Å². The fraction of sp³-hybridized carbons (Fsp3) is 0.269. The first kappa shape index (κ1) is 22.6. The van der Waals surface area contributed by atoms with Crippen molar-refractivity contribution in [2.24, 2.45) is 0 Å². The summed E-state index contributed by atoms with van der Waals surface area (Å²) in [5.41, 5.74) is 2.03. The van der Waals surface area contributed by atoms with Crippen LogP contribution in [0.25, 0.3) is 17.3 Å². The summed E-state index contributed by atoms with van der Waals surface area (Å²) < 4.78 is 14.4. The molecule has 3 aromatic rings. The fourth-order valence-electron chi connectivity index (χ4n) is 3.90. The van der Waals surface area contributed by atoms with Gasteiger partial charge in [-0.25, -0.2) is 9.07 Å². The second-order valence-corrected chi connectivity index (χ2v) is 8.12. The highest BCUT2D eigenvalue weighted by molar-refractivity contribution is 5.80. The molecule has 2 heterocycles. The number of carbonyl (C=O) groups excluding carboxylic acids is 1. The maximum atomic E-state index is 13.2. The number of hydrogen-bond donors (Lipinski definition) is 0. The standard InChI is InChI=1S/C26H27FN4O2/c1-20(31-25(32)14-13-24(28-31)22-9-11-23(27)12-10-22)26(33)30-18-16-29(17-19-30)15-5-8-21-6-3-2-4-7-21/h2-14,20H,15-19H2,1H3/b8-5+. The van der Waals surface area contributed by atoms with Crippen LogP contribution >= 0.6 is 0 Å². The Kier molecular flexibility index (Phi) is 7.10. The average molecular weight is 447 g/mol. The fourth-order valence-corrected chi connectivity index (χ4v) is 3.90. The van der Waals surface area contributed by atoms with Crippen molar-refractivity contribution in [2.45, 2.75) is 13.0 Å². The van der Waals surface area contributed by atoms with Crippen LogP contribution in [0.4, 0.5) is 4.39 Å². The largest absolute Gasteiger partial charge is 0.338 e. The Morgan fingerprint density at radius 3 is 2.39 bits per heavy atom. The summed E-state index contributed by atoms with van der Waals surface area (Å²) in [4.78, 5) is 29.6. The number of rotatable bonds is 6. The number of hydrogen-bond acceptors (Lipinski definition) is 4. The minimum Gasteiger partial charge on any atom is -0.338 e. The van der Waals surface area contributed by atoms with Gasteiger partial charge in [-0.05, 0) is 42.8 Å². The summed E-state index contributed by atoms with van der Waals surface area (Å²) in [6.07, 6.45) is 4.24. The lowest BCUT2D eigenvalue weighted by Gasteiger charge is -2.35. The smallest absolute Gasteiger partial charge is 0.267 e. The molecule has 1 saturated heterocycles. The first-order valence-electron chi connectivity index (χ1n) is 11.1. The molecular weight excluding hydrogens is 419 g/mol. The molecule has 1 aliphatic rings. The van der Waals surface area contributed by atoms with Crippen LogP contribution in [0.2, 0.25) is 0 Å². The van der Waals surface area contributed by atoms with Crippen molar-refractivity contribution in [2.75, 3.05) is 32.7 Å². The molecule has 1 atom stereocenters. The zero-order chi connectivity index (χ0) is 23.2. The molecule has 1 amide bonds. The van der Waals surface area contributed by atoms with Crippen molar-refractivity contribution < 1.29 is 9.18 Å². The number of nitrogens with zero attached hydrogens (tertiary/aromatic N) is 4. The van der Waals surface area contributed by atoms with Gasteiger partial charge in [0.25, 0.3) is 5.56 Å². The van der Waals surface area contributed by atoms with Gasteiger partial charge < -0.3 is 4.90 Å². The zero-order valence-corrected chi connectivity index (χ0v) is 18.6. The van der Waals surface area contributed by atoms with Gasteiger partial charge in [-0.2, -0.15) is 5.10 Å². The lowest BCUT2D eigenvalue weighted by atomic mass is 10.1. The Morgan fingerprint density at radius 1 is 1.00 bits per heavy atom. The molecule has 0 radical (unpaired) electrons. The maximum absolute atomic E-state index is 13.2. The van der Waals surface area contributed by atoms with Gasteiger partial charge in [-0.3, -0.25) is 14.5 Å². The SMILES string of the molecule is CC(C(=O)N1CCN(C/C=C/c2ccccc2)CC1)n1nc(-c2ccc(F)cc2)ccc1=O. The molecular formula is C26H27FN4O2. The number of piperazine rings is 1. The van der Waals surface area contributed by atoms with Crippen molar-refractivity contribution in [1.29, 1.82) is 0 Å². The van der Waals surface area contributed by atoms with Crippen LogP contribution in [0.15, 0.2) is 77.6 Å². The van der Waals surface area contributed by atoms with Crippen LogP contribution in [-0.2, 0) is 4.79 Å². The highest BCUT2D eigenvalue weighted by atomic mass is 19.1. The molecule has 1 unspecified atom stereocenters. The third-order valence-corrected chi connectivity index (χ3v) is 5.85. The summed E-state index contributed by atoms with van der Waals surface area (Å²) >= 11 is 0. The quantitative estimate of drug-likeness (QED) is 0.582. The zero-order valence-electron chi connectivity index (χ0n) is 18.6. The molecule has 6 nitrogen and oxygen atoms in total. The Morgan fingerprint density at radius 2 is 1.70 bits per heavy atom. The van der Waals surface area contributed by atoms with E-state index in [9.17, 15) is 14.0 Å². The average Bonchev–Trinajstić information content (AvgIpc) is 2.85. The van der Waals surface area contributed by atoms with E-state index in [1.54, 1.807) is 30.0 Å². The van der Waals surface area contributed by atoms with E-state index in [-0.39, 0.29) is 17.3 Å². The van der Waals surface area contributed by atoms with E-state index in [1.807, 2.05) is 18.2 Å². The number of amides is 1. The maximum Gasteiger partial charge on any atom is 0.267 e. The molecule has 7 heteroatoms. The number of benzene rings is 2. The monoisotopic (exact) mass is 446 g/mol. The van der Waals surface area contributed by atoms with E-state index in [1.165, 1.54) is 28.4 Å². The predicted octanol–water partition coefficient (Wildman–Crippen LogP) is 3.47. The summed E-state index contributed by atoms with van der Waals surface area (Å²) in [7, 11) is 0. The first-order valence-corrected chi connectivity index (χ1v) is 11.1. The highest BCUT2D eigenvalue weighted by Gasteiger charge is 2.27. The van der Waals surface area contributed by atoms with Crippen LogP contribution in [-0.4, -0.2) is 58.2 Å². The molecule has 2 aromatic carbocycles. The summed E-state index contributed by atoms with van der Waals surface area (Å²) in [5.74, 6) is -0.467. The van der Waals surface area contributed by atoms with Crippen molar-refractivity contribution in [3.8, 4) is 11.3 Å². The Bertz CT molecular complexity index is 1170. The van der Waals surface area contributed by atoms with Crippen molar-refractivity contribution in [3.05, 3.63) is 94.5 Å². The Labute approximate surface area is 192 Å². The van der Waals surface area contributed by atoms with Gasteiger partial charge in [0.15, 0.2) is 0 Å². The van der Waals surface area contributed by atoms with Gasteiger partial charge in [0, 0.05) is 44.4 Å². The molecule has 0 saturated carbocycles. The van der Waals surface area contributed by atoms with Gasteiger partial charge >= 0.3 is 0 Å². The molecule has 1 aromatic heterocycles. The third kappa shape index (κ3) is 5.62. The van der Waals surface area contributed by atoms with E-state index in [0.717, 1.165) is 19.6 Å². The number of aromatic nitrogens is 2. The van der Waals surface area contributed by atoms with Crippen LogP contribution in [0.3, 0.4) is 0 Å². The topological polar surface area (TPSA) is 58.4 Å². The summed E-state index contributed by atoms with van der Waals surface area (Å²) in [5, 5.41) is 4.39. The van der Waals surface area contributed by atoms with Crippen LogP contribution < -0.4 is 5.56 Å². The lowest BCUT2D eigenvalue weighted by Crippen LogP contribution is -2.51. The molecule has 0 N–H and O–H groups in total. The first-order chi connectivity index (χ1) is 16.0. The van der Waals surface area contributed by atoms with Gasteiger partial charge in [-0.1, -0.05) is 42.5 Å². The lowest BCUT2D eigenvalue weighted by molar-refractivity contribution is -0.136. The molecule has 1 aliphatic heterocycles. The summed E-state index contributed by atoms with van der Waals surface area (Å²) in [6.45, 7) is 5.28. The molecule has 1 fully saturated rings. The normalized spacial score (nSPS) is 15.6. The second kappa shape index (κ2) is 10.4. The van der Waals surface area contributed by atoms with Crippen LogP contribution in [0, 0.1) is 5.82 Å². The van der Waals surface area contributed by atoms with E-state index in [2.05, 4.69) is 34.3 Å². The van der Waals surface area contributed by atoms with E-state index in [0.29, 0.717) is 24.3 Å². The minimum absolute atomic E-state index is 0.125. The Balaban J connectivity index is 1.37. The molecule has 33 heavy (non-hydrogen) atoms. The Hall–Kier alpha value is -3.58. The van der Waals surface area contributed by atoms with Crippen molar-refractivity contribution in [1.82, 2.24) is 19.6 Å². The third-order valence-electron chi connectivity index (χ3n) is 5.85.